The SMILES string of the molecule is COc1ccc2c(c1)OC(c1ccccc1)C/C2=N\Nc1ccccc1. The van der Waals surface area contributed by atoms with Gasteiger partial charge in [-0.2, -0.15) is 5.10 Å². The standard InChI is InChI=1S/C22H20N2O2/c1-25-18-12-13-19-20(24-23-17-10-6-3-7-11-17)15-21(26-22(19)14-18)16-8-4-2-5-9-16/h2-14,21,23H,15H2,1H3/b24-20+. The molecule has 26 heavy (non-hydrogen) atoms. The summed E-state index contributed by atoms with van der Waals surface area (Å²) in [5.74, 6) is 1.56. The maximum absolute atomic E-state index is 6.25. The van der Waals surface area contributed by atoms with E-state index in [4.69, 9.17) is 9.47 Å². The summed E-state index contributed by atoms with van der Waals surface area (Å²) in [5.41, 5.74) is 7.20. The first-order valence-corrected chi connectivity index (χ1v) is 8.61. The number of ether oxygens (including phenoxy) is 2. The highest BCUT2D eigenvalue weighted by atomic mass is 16.5. The third kappa shape index (κ3) is 3.40. The second-order valence-electron chi connectivity index (χ2n) is 6.12. The van der Waals surface area contributed by atoms with Crippen LogP contribution in [0, 0.1) is 0 Å². The molecule has 4 rings (SSSR count). The molecule has 1 N–H and O–H groups in total. The predicted octanol–water partition coefficient (Wildman–Crippen LogP) is 5.04. The van der Waals surface area contributed by atoms with Gasteiger partial charge in [-0.15, -0.1) is 0 Å². The molecule has 1 unspecified atom stereocenters. The summed E-state index contributed by atoms with van der Waals surface area (Å²) in [7, 11) is 1.66. The number of hydrogen-bond acceptors (Lipinski definition) is 4. The second kappa shape index (κ2) is 7.31. The van der Waals surface area contributed by atoms with E-state index in [1.54, 1.807) is 7.11 Å². The predicted molar refractivity (Wildman–Crippen MR) is 104 cm³/mol. The quantitative estimate of drug-likeness (QED) is 0.675. The van der Waals surface area contributed by atoms with Crippen molar-refractivity contribution in [3.63, 3.8) is 0 Å². The van der Waals surface area contributed by atoms with E-state index < -0.39 is 0 Å². The van der Waals surface area contributed by atoms with E-state index in [0.717, 1.165) is 34.0 Å². The van der Waals surface area contributed by atoms with Crippen molar-refractivity contribution in [1.29, 1.82) is 0 Å². The number of methoxy groups -OCH3 is 1. The largest absolute Gasteiger partial charge is 0.497 e. The van der Waals surface area contributed by atoms with Crippen LogP contribution in [0.15, 0.2) is 84.0 Å². The third-order valence-corrected chi connectivity index (χ3v) is 4.41. The van der Waals surface area contributed by atoms with Crippen LogP contribution >= 0.6 is 0 Å². The molecule has 1 atom stereocenters. The van der Waals surface area contributed by atoms with Gasteiger partial charge >= 0.3 is 0 Å². The summed E-state index contributed by atoms with van der Waals surface area (Å²) in [5, 5.41) is 4.67. The Hall–Kier alpha value is -3.27. The Bertz CT molecular complexity index is 908. The van der Waals surface area contributed by atoms with Crippen LogP contribution in [0.4, 0.5) is 5.69 Å². The Kier molecular flexibility index (Phi) is 4.56. The summed E-state index contributed by atoms with van der Waals surface area (Å²) in [6, 6.07) is 26.0. The van der Waals surface area contributed by atoms with Crippen molar-refractivity contribution in [2.45, 2.75) is 12.5 Å². The molecule has 4 heteroatoms. The summed E-state index contributed by atoms with van der Waals surface area (Å²) >= 11 is 0. The van der Waals surface area contributed by atoms with E-state index in [9.17, 15) is 0 Å². The Morgan fingerprint density at radius 3 is 2.42 bits per heavy atom. The molecule has 1 aliphatic heterocycles. The molecule has 3 aromatic carbocycles. The third-order valence-electron chi connectivity index (χ3n) is 4.41. The van der Waals surface area contributed by atoms with Crippen molar-refractivity contribution in [3.8, 4) is 11.5 Å². The lowest BCUT2D eigenvalue weighted by molar-refractivity contribution is 0.205. The number of nitrogens with one attached hydrogen (secondary N) is 1. The van der Waals surface area contributed by atoms with E-state index in [1.807, 2.05) is 66.7 Å². The Morgan fingerprint density at radius 2 is 1.69 bits per heavy atom. The number of para-hydroxylation sites is 1. The van der Waals surface area contributed by atoms with E-state index in [2.05, 4.69) is 22.7 Å². The molecular weight excluding hydrogens is 324 g/mol. The minimum absolute atomic E-state index is 0.0767. The molecular formula is C22H20N2O2. The molecule has 0 saturated heterocycles. The number of rotatable bonds is 4. The van der Waals surface area contributed by atoms with Gasteiger partial charge in [0.2, 0.25) is 0 Å². The maximum Gasteiger partial charge on any atom is 0.133 e. The van der Waals surface area contributed by atoms with Crippen LogP contribution in [0.2, 0.25) is 0 Å². The first-order chi connectivity index (χ1) is 12.8. The molecule has 0 amide bonds. The van der Waals surface area contributed by atoms with Crippen molar-refractivity contribution in [2.24, 2.45) is 5.10 Å². The highest BCUT2D eigenvalue weighted by molar-refractivity contribution is 6.04. The number of hydrazone groups is 1. The summed E-state index contributed by atoms with van der Waals surface area (Å²) in [6.07, 6.45) is 0.621. The molecule has 0 aromatic heterocycles. The zero-order valence-corrected chi connectivity index (χ0v) is 14.6. The zero-order chi connectivity index (χ0) is 17.8. The van der Waals surface area contributed by atoms with Crippen molar-refractivity contribution >= 4 is 11.4 Å². The molecule has 1 heterocycles. The van der Waals surface area contributed by atoms with Crippen LogP contribution in [-0.4, -0.2) is 12.8 Å². The highest BCUT2D eigenvalue weighted by Gasteiger charge is 2.26. The monoisotopic (exact) mass is 344 g/mol. The van der Waals surface area contributed by atoms with Crippen LogP contribution < -0.4 is 14.9 Å². The smallest absolute Gasteiger partial charge is 0.133 e. The molecule has 0 saturated carbocycles. The van der Waals surface area contributed by atoms with Crippen molar-refractivity contribution in [3.05, 3.63) is 90.0 Å². The van der Waals surface area contributed by atoms with Gasteiger partial charge in [0.25, 0.3) is 0 Å². The van der Waals surface area contributed by atoms with Gasteiger partial charge in [0.15, 0.2) is 0 Å². The molecule has 0 aliphatic carbocycles. The fraction of sp³-hybridized carbons (Fsp3) is 0.136. The van der Waals surface area contributed by atoms with E-state index in [0.29, 0.717) is 6.42 Å². The van der Waals surface area contributed by atoms with E-state index in [-0.39, 0.29) is 6.10 Å². The van der Waals surface area contributed by atoms with E-state index in [1.165, 1.54) is 0 Å². The molecule has 0 bridgehead atoms. The normalized spacial score (nSPS) is 17.3. The van der Waals surface area contributed by atoms with Crippen molar-refractivity contribution < 1.29 is 9.47 Å². The lowest BCUT2D eigenvalue weighted by Gasteiger charge is -2.28. The number of anilines is 1. The summed E-state index contributed by atoms with van der Waals surface area (Å²) in [4.78, 5) is 0. The fourth-order valence-corrected chi connectivity index (χ4v) is 3.05. The number of fused-ring (bicyclic) bond motifs is 1. The molecule has 4 nitrogen and oxygen atoms in total. The van der Waals surface area contributed by atoms with E-state index >= 15 is 0 Å². The number of benzene rings is 3. The molecule has 0 radical (unpaired) electrons. The van der Waals surface area contributed by atoms with Gasteiger partial charge in [0.1, 0.15) is 17.6 Å². The van der Waals surface area contributed by atoms with Gasteiger partial charge in [-0.3, -0.25) is 5.43 Å². The average Bonchev–Trinajstić information content (AvgIpc) is 2.72. The molecule has 3 aromatic rings. The summed E-state index contributed by atoms with van der Waals surface area (Å²) < 4.78 is 11.6. The second-order valence-corrected chi connectivity index (χ2v) is 6.12. The van der Waals surface area contributed by atoms with Gasteiger partial charge in [0, 0.05) is 18.1 Å². The first-order valence-electron chi connectivity index (χ1n) is 8.61. The highest BCUT2D eigenvalue weighted by Crippen LogP contribution is 2.37. The van der Waals surface area contributed by atoms with Gasteiger partial charge in [-0.25, -0.2) is 0 Å². The van der Waals surface area contributed by atoms with Gasteiger partial charge in [0.05, 0.1) is 18.5 Å². The number of nitrogens with zero attached hydrogens (tertiary/aromatic N) is 1. The molecule has 0 spiro atoms. The Labute approximate surface area is 153 Å². The number of hydrogen-bond donors (Lipinski definition) is 1. The first kappa shape index (κ1) is 16.2. The average molecular weight is 344 g/mol. The van der Waals surface area contributed by atoms with Gasteiger partial charge in [-0.1, -0.05) is 48.5 Å². The van der Waals surface area contributed by atoms with Gasteiger partial charge in [-0.05, 0) is 29.8 Å². The molecule has 0 fully saturated rings. The summed E-state index contributed by atoms with van der Waals surface area (Å²) in [6.45, 7) is 0. The van der Waals surface area contributed by atoms with Crippen LogP contribution in [0.3, 0.4) is 0 Å². The fourth-order valence-electron chi connectivity index (χ4n) is 3.05. The van der Waals surface area contributed by atoms with Crippen LogP contribution in [-0.2, 0) is 0 Å². The minimum atomic E-state index is -0.0767. The van der Waals surface area contributed by atoms with Crippen molar-refractivity contribution in [2.75, 3.05) is 12.5 Å². The molecule has 130 valence electrons. The molecule has 1 aliphatic rings. The Morgan fingerprint density at radius 1 is 0.962 bits per heavy atom. The van der Waals surface area contributed by atoms with Gasteiger partial charge < -0.3 is 9.47 Å². The van der Waals surface area contributed by atoms with Crippen LogP contribution in [0.1, 0.15) is 23.7 Å². The van der Waals surface area contributed by atoms with Crippen LogP contribution in [0.25, 0.3) is 0 Å². The van der Waals surface area contributed by atoms with Crippen molar-refractivity contribution in [1.82, 2.24) is 0 Å². The topological polar surface area (TPSA) is 42.9 Å². The lowest BCUT2D eigenvalue weighted by atomic mass is 9.95. The maximum atomic E-state index is 6.25. The Balaban J connectivity index is 1.70. The zero-order valence-electron chi connectivity index (χ0n) is 14.6. The minimum Gasteiger partial charge on any atom is -0.497 e. The lowest BCUT2D eigenvalue weighted by Crippen LogP contribution is -2.22. The van der Waals surface area contributed by atoms with Crippen LogP contribution in [0.5, 0.6) is 11.5 Å².